The van der Waals surface area contributed by atoms with Gasteiger partial charge in [0.05, 0.1) is 5.69 Å². The Morgan fingerprint density at radius 2 is 1.81 bits per heavy atom. The van der Waals surface area contributed by atoms with E-state index in [0.29, 0.717) is 0 Å². The van der Waals surface area contributed by atoms with Crippen LogP contribution in [0.4, 0.5) is 5.82 Å². The Morgan fingerprint density at radius 1 is 1.10 bits per heavy atom. The van der Waals surface area contributed by atoms with Crippen LogP contribution in [0.1, 0.15) is 51.8 Å². The van der Waals surface area contributed by atoms with Gasteiger partial charge in [0.15, 0.2) is 5.82 Å². The molecule has 1 N–H and O–H groups in total. The van der Waals surface area contributed by atoms with Gasteiger partial charge in [0.2, 0.25) is 0 Å². The van der Waals surface area contributed by atoms with Crippen molar-refractivity contribution in [2.45, 2.75) is 52.9 Å². The van der Waals surface area contributed by atoms with Gasteiger partial charge >= 0.3 is 0 Å². The molecule has 0 spiro atoms. The molecular formula is C16H25N5. The van der Waals surface area contributed by atoms with Crippen LogP contribution < -0.4 is 5.32 Å². The second kappa shape index (κ2) is 5.84. The van der Waals surface area contributed by atoms with Crippen molar-refractivity contribution in [3.8, 4) is 5.82 Å². The van der Waals surface area contributed by atoms with E-state index in [1.54, 1.807) is 0 Å². The van der Waals surface area contributed by atoms with E-state index in [-0.39, 0.29) is 5.41 Å². The van der Waals surface area contributed by atoms with Gasteiger partial charge in [0, 0.05) is 24.2 Å². The summed E-state index contributed by atoms with van der Waals surface area (Å²) < 4.78 is 1.94. The average molecular weight is 287 g/mol. The molecule has 114 valence electrons. The molecule has 5 nitrogen and oxygen atoms in total. The van der Waals surface area contributed by atoms with Crippen LogP contribution in [0.3, 0.4) is 0 Å². The standard InChI is InChI=1S/C16H25N5/c1-7-11-9-12(8-2)21(20-11)14-10-13(17-6)18-15(19-14)16(3,4)5/h9-10H,7-8H2,1-6H3,(H,17,18,19). The van der Waals surface area contributed by atoms with Crippen molar-refractivity contribution in [2.24, 2.45) is 0 Å². The fourth-order valence-electron chi connectivity index (χ4n) is 2.10. The number of anilines is 1. The van der Waals surface area contributed by atoms with Crippen molar-refractivity contribution in [3.05, 3.63) is 29.3 Å². The Kier molecular flexibility index (Phi) is 4.30. The maximum absolute atomic E-state index is 4.73. The largest absolute Gasteiger partial charge is 0.373 e. The molecule has 0 aromatic carbocycles. The van der Waals surface area contributed by atoms with Crippen LogP contribution in [0, 0.1) is 0 Å². The first-order valence-electron chi connectivity index (χ1n) is 7.54. The zero-order valence-corrected chi connectivity index (χ0v) is 13.9. The third-order valence-corrected chi connectivity index (χ3v) is 3.41. The maximum Gasteiger partial charge on any atom is 0.159 e. The van der Waals surface area contributed by atoms with Crippen LogP contribution >= 0.6 is 0 Å². The van der Waals surface area contributed by atoms with Crippen LogP contribution in [-0.4, -0.2) is 26.8 Å². The van der Waals surface area contributed by atoms with Crippen LogP contribution in [-0.2, 0) is 18.3 Å². The first-order chi connectivity index (χ1) is 9.88. The molecule has 0 amide bonds. The first-order valence-corrected chi connectivity index (χ1v) is 7.54. The summed E-state index contributed by atoms with van der Waals surface area (Å²) >= 11 is 0. The molecular weight excluding hydrogens is 262 g/mol. The van der Waals surface area contributed by atoms with Gasteiger partial charge in [-0.3, -0.25) is 0 Å². The summed E-state index contributed by atoms with van der Waals surface area (Å²) in [6.45, 7) is 10.6. The van der Waals surface area contributed by atoms with Crippen molar-refractivity contribution in [2.75, 3.05) is 12.4 Å². The number of nitrogens with zero attached hydrogens (tertiary/aromatic N) is 4. The Balaban J connectivity index is 2.60. The van der Waals surface area contributed by atoms with Crippen molar-refractivity contribution >= 4 is 5.82 Å². The van der Waals surface area contributed by atoms with E-state index in [2.05, 4.69) is 56.1 Å². The molecule has 0 aliphatic heterocycles. The van der Waals surface area contributed by atoms with Gasteiger partial charge in [0.25, 0.3) is 0 Å². The lowest BCUT2D eigenvalue weighted by atomic mass is 9.96. The molecule has 5 heteroatoms. The van der Waals surface area contributed by atoms with Crippen LogP contribution in [0.2, 0.25) is 0 Å². The van der Waals surface area contributed by atoms with Gasteiger partial charge in [-0.15, -0.1) is 0 Å². The highest BCUT2D eigenvalue weighted by atomic mass is 15.3. The Labute approximate surface area is 126 Å². The molecule has 0 saturated carbocycles. The highest BCUT2D eigenvalue weighted by Crippen LogP contribution is 2.22. The van der Waals surface area contributed by atoms with E-state index in [0.717, 1.165) is 36.0 Å². The molecule has 2 aromatic rings. The van der Waals surface area contributed by atoms with Crippen LogP contribution in [0.15, 0.2) is 12.1 Å². The molecule has 0 atom stereocenters. The predicted octanol–water partition coefficient (Wildman–Crippen LogP) is 3.13. The number of rotatable bonds is 4. The summed E-state index contributed by atoms with van der Waals surface area (Å²) in [6, 6.07) is 4.10. The Hall–Kier alpha value is -1.91. The molecule has 0 radical (unpaired) electrons. The number of hydrogen-bond donors (Lipinski definition) is 1. The van der Waals surface area contributed by atoms with E-state index < -0.39 is 0 Å². The quantitative estimate of drug-likeness (QED) is 0.938. The molecule has 0 aliphatic carbocycles. The minimum Gasteiger partial charge on any atom is -0.373 e. The predicted molar refractivity (Wildman–Crippen MR) is 86.2 cm³/mol. The molecule has 2 rings (SSSR count). The van der Waals surface area contributed by atoms with E-state index in [1.165, 1.54) is 5.69 Å². The van der Waals surface area contributed by atoms with E-state index >= 15 is 0 Å². The minimum atomic E-state index is -0.102. The molecule has 0 aliphatic rings. The summed E-state index contributed by atoms with van der Waals surface area (Å²) in [4.78, 5) is 9.30. The van der Waals surface area contributed by atoms with Crippen molar-refractivity contribution in [1.82, 2.24) is 19.7 Å². The summed E-state index contributed by atoms with van der Waals surface area (Å²) in [5.74, 6) is 2.47. The Morgan fingerprint density at radius 3 is 2.33 bits per heavy atom. The zero-order chi connectivity index (χ0) is 15.6. The molecule has 0 bridgehead atoms. The minimum absolute atomic E-state index is 0.102. The molecule has 0 saturated heterocycles. The molecule has 2 aromatic heterocycles. The highest BCUT2D eigenvalue weighted by molar-refractivity contribution is 5.42. The molecule has 21 heavy (non-hydrogen) atoms. The van der Waals surface area contributed by atoms with Gasteiger partial charge in [-0.2, -0.15) is 5.10 Å². The lowest BCUT2D eigenvalue weighted by Crippen LogP contribution is -2.19. The SMILES string of the molecule is CCc1cc(CC)n(-c2cc(NC)nc(C(C)(C)C)n2)n1. The number of aryl methyl sites for hydroxylation is 2. The van der Waals surface area contributed by atoms with Gasteiger partial charge < -0.3 is 5.32 Å². The lowest BCUT2D eigenvalue weighted by Gasteiger charge is -2.18. The van der Waals surface area contributed by atoms with Crippen LogP contribution in [0.25, 0.3) is 5.82 Å². The second-order valence-electron chi connectivity index (χ2n) is 6.18. The third kappa shape index (κ3) is 3.23. The first kappa shape index (κ1) is 15.5. The fraction of sp³-hybridized carbons (Fsp3) is 0.562. The van der Waals surface area contributed by atoms with Crippen molar-refractivity contribution in [3.63, 3.8) is 0 Å². The maximum atomic E-state index is 4.73. The summed E-state index contributed by atoms with van der Waals surface area (Å²) in [5.41, 5.74) is 2.16. The van der Waals surface area contributed by atoms with Gasteiger partial charge in [-0.1, -0.05) is 34.6 Å². The summed E-state index contributed by atoms with van der Waals surface area (Å²) in [5, 5.41) is 7.78. The zero-order valence-electron chi connectivity index (χ0n) is 13.9. The summed E-state index contributed by atoms with van der Waals surface area (Å²) in [6.07, 6.45) is 1.85. The molecule has 2 heterocycles. The fourth-order valence-corrected chi connectivity index (χ4v) is 2.10. The normalized spacial score (nSPS) is 11.7. The Bertz CT molecular complexity index is 622. The van der Waals surface area contributed by atoms with E-state index in [1.807, 2.05) is 17.8 Å². The number of aromatic nitrogens is 4. The van der Waals surface area contributed by atoms with E-state index in [4.69, 9.17) is 4.98 Å². The average Bonchev–Trinajstić information content (AvgIpc) is 2.89. The second-order valence-corrected chi connectivity index (χ2v) is 6.18. The third-order valence-electron chi connectivity index (χ3n) is 3.41. The molecule has 0 fully saturated rings. The smallest absolute Gasteiger partial charge is 0.159 e. The van der Waals surface area contributed by atoms with Crippen molar-refractivity contribution in [1.29, 1.82) is 0 Å². The van der Waals surface area contributed by atoms with Crippen molar-refractivity contribution < 1.29 is 0 Å². The number of hydrogen-bond acceptors (Lipinski definition) is 4. The highest BCUT2D eigenvalue weighted by Gasteiger charge is 2.20. The van der Waals surface area contributed by atoms with Crippen LogP contribution in [0.5, 0.6) is 0 Å². The lowest BCUT2D eigenvalue weighted by molar-refractivity contribution is 0.542. The number of nitrogens with one attached hydrogen (secondary N) is 1. The van der Waals surface area contributed by atoms with Gasteiger partial charge in [-0.25, -0.2) is 14.6 Å². The molecule has 0 unspecified atom stereocenters. The van der Waals surface area contributed by atoms with Gasteiger partial charge in [-0.05, 0) is 18.9 Å². The topological polar surface area (TPSA) is 55.6 Å². The monoisotopic (exact) mass is 287 g/mol. The van der Waals surface area contributed by atoms with Gasteiger partial charge in [0.1, 0.15) is 11.6 Å². The van der Waals surface area contributed by atoms with E-state index in [9.17, 15) is 0 Å². The summed E-state index contributed by atoms with van der Waals surface area (Å²) in [7, 11) is 1.87.